The van der Waals surface area contributed by atoms with Gasteiger partial charge in [-0.1, -0.05) is 53.5 Å². The molecule has 34 heavy (non-hydrogen) atoms. The van der Waals surface area contributed by atoms with Gasteiger partial charge in [-0.3, -0.25) is 9.69 Å². The predicted molar refractivity (Wildman–Crippen MR) is 137 cm³/mol. The standard InChI is InChI=1S/C27H34Cl2N2O3/c1-33-27(32)26(17-20-5-3-2-4-6-20)31-15-9-21(10-16-31)19-30-13-11-22(12-14-30)34-23-7-8-24(28)25(29)18-23/h2-8,18,21-22,26H,9-17,19H2,1H3. The Kier molecular flexibility index (Phi) is 9.12. The molecule has 0 spiro atoms. The van der Waals surface area contributed by atoms with Crippen molar-refractivity contribution in [3.05, 3.63) is 64.1 Å². The molecule has 2 aromatic rings. The molecule has 184 valence electrons. The van der Waals surface area contributed by atoms with Gasteiger partial charge in [-0.25, -0.2) is 0 Å². The first kappa shape index (κ1) is 25.3. The summed E-state index contributed by atoms with van der Waals surface area (Å²) in [6, 6.07) is 15.5. The van der Waals surface area contributed by atoms with Crippen molar-refractivity contribution >= 4 is 29.2 Å². The van der Waals surface area contributed by atoms with E-state index in [4.69, 9.17) is 32.7 Å². The van der Waals surface area contributed by atoms with Gasteiger partial charge < -0.3 is 14.4 Å². The van der Waals surface area contributed by atoms with Crippen molar-refractivity contribution in [1.82, 2.24) is 9.80 Å². The van der Waals surface area contributed by atoms with E-state index in [0.29, 0.717) is 22.4 Å². The Labute approximate surface area is 212 Å². The number of hydrogen-bond acceptors (Lipinski definition) is 5. The molecule has 1 atom stereocenters. The molecular formula is C27H34Cl2N2O3. The van der Waals surface area contributed by atoms with E-state index < -0.39 is 0 Å². The summed E-state index contributed by atoms with van der Waals surface area (Å²) in [6.45, 7) is 5.09. The fourth-order valence-electron chi connectivity index (χ4n) is 5.10. The third-order valence-corrected chi connectivity index (χ3v) is 7.82. The van der Waals surface area contributed by atoms with Gasteiger partial charge in [-0.15, -0.1) is 0 Å². The second-order valence-electron chi connectivity index (χ2n) is 9.40. The van der Waals surface area contributed by atoms with Gasteiger partial charge >= 0.3 is 5.97 Å². The number of esters is 1. The van der Waals surface area contributed by atoms with Crippen LogP contribution in [0, 0.1) is 5.92 Å². The molecule has 0 saturated carbocycles. The fourth-order valence-corrected chi connectivity index (χ4v) is 5.39. The second kappa shape index (κ2) is 12.3. The third-order valence-electron chi connectivity index (χ3n) is 7.08. The van der Waals surface area contributed by atoms with Crippen LogP contribution in [-0.2, 0) is 16.0 Å². The van der Waals surface area contributed by atoms with Gasteiger partial charge in [0.25, 0.3) is 0 Å². The first-order valence-electron chi connectivity index (χ1n) is 12.2. The van der Waals surface area contributed by atoms with Crippen molar-refractivity contribution < 1.29 is 14.3 Å². The molecule has 1 unspecified atom stereocenters. The van der Waals surface area contributed by atoms with E-state index in [1.54, 1.807) is 12.1 Å². The average molecular weight is 505 g/mol. The minimum absolute atomic E-state index is 0.133. The van der Waals surface area contributed by atoms with Crippen LogP contribution in [0.2, 0.25) is 10.0 Å². The Balaban J connectivity index is 1.21. The second-order valence-corrected chi connectivity index (χ2v) is 10.2. The van der Waals surface area contributed by atoms with E-state index in [2.05, 4.69) is 21.9 Å². The molecule has 2 aliphatic rings. The van der Waals surface area contributed by atoms with Crippen molar-refractivity contribution in [3.63, 3.8) is 0 Å². The van der Waals surface area contributed by atoms with E-state index in [1.165, 1.54) is 12.7 Å². The molecule has 7 heteroatoms. The molecule has 0 amide bonds. The van der Waals surface area contributed by atoms with Crippen molar-refractivity contribution in [2.75, 3.05) is 39.8 Å². The first-order chi connectivity index (χ1) is 16.5. The molecule has 2 aromatic carbocycles. The summed E-state index contributed by atoms with van der Waals surface area (Å²) in [5, 5.41) is 1.08. The van der Waals surface area contributed by atoms with Gasteiger partial charge in [0.1, 0.15) is 17.9 Å². The molecular weight excluding hydrogens is 471 g/mol. The predicted octanol–water partition coefficient (Wildman–Crippen LogP) is 5.33. The molecule has 0 radical (unpaired) electrons. The average Bonchev–Trinajstić information content (AvgIpc) is 2.87. The van der Waals surface area contributed by atoms with Crippen LogP contribution in [-0.4, -0.2) is 67.7 Å². The maximum Gasteiger partial charge on any atom is 0.323 e. The smallest absolute Gasteiger partial charge is 0.323 e. The molecule has 5 nitrogen and oxygen atoms in total. The van der Waals surface area contributed by atoms with E-state index in [0.717, 1.165) is 64.2 Å². The summed E-state index contributed by atoms with van der Waals surface area (Å²) in [6.07, 6.45) is 5.17. The molecule has 2 fully saturated rings. The van der Waals surface area contributed by atoms with Crippen molar-refractivity contribution in [3.8, 4) is 5.75 Å². The normalized spacial score (nSPS) is 19.6. The molecule has 0 N–H and O–H groups in total. The number of methoxy groups -OCH3 is 1. The summed E-state index contributed by atoms with van der Waals surface area (Å²) in [4.78, 5) is 17.4. The Morgan fingerprint density at radius 1 is 0.971 bits per heavy atom. The highest BCUT2D eigenvalue weighted by Gasteiger charge is 2.32. The monoisotopic (exact) mass is 504 g/mol. The number of ether oxygens (including phenoxy) is 2. The van der Waals surface area contributed by atoms with Crippen molar-refractivity contribution in [1.29, 1.82) is 0 Å². The number of hydrogen-bond donors (Lipinski definition) is 0. The van der Waals surface area contributed by atoms with E-state index in [1.807, 2.05) is 24.3 Å². The lowest BCUT2D eigenvalue weighted by atomic mass is 9.93. The highest BCUT2D eigenvalue weighted by molar-refractivity contribution is 6.42. The van der Waals surface area contributed by atoms with Crippen LogP contribution in [0.1, 0.15) is 31.2 Å². The van der Waals surface area contributed by atoms with E-state index >= 15 is 0 Å². The fraction of sp³-hybridized carbons (Fsp3) is 0.519. The SMILES string of the molecule is COC(=O)C(Cc1ccccc1)N1CCC(CN2CCC(Oc3ccc(Cl)c(Cl)c3)CC2)CC1. The number of benzene rings is 2. The van der Waals surface area contributed by atoms with Crippen LogP contribution in [0.4, 0.5) is 0 Å². The zero-order valence-electron chi connectivity index (χ0n) is 19.8. The number of piperidine rings is 2. The molecule has 0 aliphatic carbocycles. The lowest BCUT2D eigenvalue weighted by Crippen LogP contribution is -2.49. The van der Waals surface area contributed by atoms with Crippen LogP contribution in [0.25, 0.3) is 0 Å². The largest absolute Gasteiger partial charge is 0.490 e. The van der Waals surface area contributed by atoms with Crippen LogP contribution in [0.5, 0.6) is 5.75 Å². The Bertz CT molecular complexity index is 927. The third kappa shape index (κ3) is 6.88. The van der Waals surface area contributed by atoms with Crippen LogP contribution in [0.3, 0.4) is 0 Å². The molecule has 0 aromatic heterocycles. The summed E-state index contributed by atoms with van der Waals surface area (Å²) >= 11 is 12.1. The van der Waals surface area contributed by atoms with Gasteiger partial charge in [0.15, 0.2) is 0 Å². The molecule has 0 bridgehead atoms. The number of likely N-dealkylation sites (tertiary alicyclic amines) is 2. The van der Waals surface area contributed by atoms with E-state index in [9.17, 15) is 4.79 Å². The Hall–Kier alpha value is -1.79. The number of carbonyl (C=O) groups is 1. The molecule has 2 saturated heterocycles. The molecule has 2 aliphatic heterocycles. The van der Waals surface area contributed by atoms with Crippen molar-refractivity contribution in [2.24, 2.45) is 5.92 Å². The minimum atomic E-state index is -0.206. The maximum absolute atomic E-state index is 12.5. The zero-order chi connectivity index (χ0) is 23.9. The van der Waals surface area contributed by atoms with Crippen molar-refractivity contribution in [2.45, 2.75) is 44.2 Å². The summed E-state index contributed by atoms with van der Waals surface area (Å²) in [5.74, 6) is 1.32. The molecule has 2 heterocycles. The maximum atomic E-state index is 12.5. The van der Waals surface area contributed by atoms with Gasteiger partial charge in [-0.05, 0) is 68.8 Å². The topological polar surface area (TPSA) is 42.0 Å². The van der Waals surface area contributed by atoms with Gasteiger partial charge in [0.2, 0.25) is 0 Å². The Morgan fingerprint density at radius 2 is 1.68 bits per heavy atom. The van der Waals surface area contributed by atoms with Gasteiger partial charge in [0.05, 0.1) is 17.2 Å². The number of rotatable bonds is 8. The number of carbonyl (C=O) groups excluding carboxylic acids is 1. The van der Waals surface area contributed by atoms with E-state index in [-0.39, 0.29) is 18.1 Å². The first-order valence-corrected chi connectivity index (χ1v) is 13.0. The zero-order valence-corrected chi connectivity index (χ0v) is 21.3. The van der Waals surface area contributed by atoms with Crippen LogP contribution >= 0.6 is 23.2 Å². The lowest BCUT2D eigenvalue weighted by Gasteiger charge is -2.39. The highest BCUT2D eigenvalue weighted by Crippen LogP contribution is 2.29. The molecule has 4 rings (SSSR count). The summed E-state index contributed by atoms with van der Waals surface area (Å²) in [5.41, 5.74) is 1.17. The van der Waals surface area contributed by atoms with Crippen LogP contribution in [0.15, 0.2) is 48.5 Å². The number of halogens is 2. The number of nitrogens with zero attached hydrogens (tertiary/aromatic N) is 2. The quantitative estimate of drug-likeness (QED) is 0.454. The highest BCUT2D eigenvalue weighted by atomic mass is 35.5. The summed E-state index contributed by atoms with van der Waals surface area (Å²) < 4.78 is 11.3. The van der Waals surface area contributed by atoms with Crippen LogP contribution < -0.4 is 4.74 Å². The van der Waals surface area contributed by atoms with Gasteiger partial charge in [-0.2, -0.15) is 0 Å². The Morgan fingerprint density at radius 3 is 2.32 bits per heavy atom. The van der Waals surface area contributed by atoms with Gasteiger partial charge in [0, 0.05) is 25.7 Å². The lowest BCUT2D eigenvalue weighted by molar-refractivity contribution is -0.147. The summed E-state index contributed by atoms with van der Waals surface area (Å²) in [7, 11) is 1.49. The minimum Gasteiger partial charge on any atom is -0.490 e.